The van der Waals surface area contributed by atoms with Crippen molar-refractivity contribution in [3.63, 3.8) is 0 Å². The van der Waals surface area contributed by atoms with Crippen molar-refractivity contribution in [2.45, 2.75) is 20.4 Å². The summed E-state index contributed by atoms with van der Waals surface area (Å²) in [6.07, 6.45) is 2.65. The molecule has 8 nitrogen and oxygen atoms in total. The number of aromatic amines is 1. The van der Waals surface area contributed by atoms with E-state index >= 15 is 0 Å². The van der Waals surface area contributed by atoms with Gasteiger partial charge in [-0.2, -0.15) is 17.8 Å². The first-order valence-electron chi connectivity index (χ1n) is 7.00. The van der Waals surface area contributed by atoms with Gasteiger partial charge in [-0.25, -0.2) is 4.21 Å². The van der Waals surface area contributed by atoms with Crippen LogP contribution in [0.1, 0.15) is 17.0 Å². The lowest BCUT2D eigenvalue weighted by Gasteiger charge is -2.32. The van der Waals surface area contributed by atoms with Crippen LogP contribution in [0.3, 0.4) is 0 Å². The molecule has 1 aliphatic heterocycles. The summed E-state index contributed by atoms with van der Waals surface area (Å²) in [5.74, 6) is 0. The molecule has 0 saturated carbocycles. The van der Waals surface area contributed by atoms with E-state index in [1.54, 1.807) is 0 Å². The summed E-state index contributed by atoms with van der Waals surface area (Å²) < 4.78 is 40.5. The van der Waals surface area contributed by atoms with Crippen LogP contribution in [0.5, 0.6) is 0 Å². The zero-order chi connectivity index (χ0) is 16.5. The summed E-state index contributed by atoms with van der Waals surface area (Å²) >= 11 is 0. The molecular weight excluding hydrogens is 326 g/mol. The number of hydrogen-bond donors (Lipinski definition) is 1. The van der Waals surface area contributed by atoms with Crippen LogP contribution in [0.25, 0.3) is 0 Å². The van der Waals surface area contributed by atoms with Crippen molar-refractivity contribution in [1.82, 2.24) is 19.4 Å². The van der Waals surface area contributed by atoms with Crippen LogP contribution in [0.2, 0.25) is 0 Å². The van der Waals surface area contributed by atoms with E-state index in [4.69, 9.17) is 0 Å². The summed E-state index contributed by atoms with van der Waals surface area (Å²) in [6, 6.07) is 0. The van der Waals surface area contributed by atoms with Crippen molar-refractivity contribution in [2.75, 3.05) is 38.7 Å². The maximum Gasteiger partial charge on any atom is 0.330 e. The molecule has 0 spiro atoms. The number of nitrogens with one attached hydrogen (secondary N) is 1. The number of aromatic nitrogens is 2. The van der Waals surface area contributed by atoms with E-state index in [2.05, 4.69) is 18.9 Å². The molecule has 0 unspecified atom stereocenters. The zero-order valence-corrected chi connectivity index (χ0v) is 15.0. The van der Waals surface area contributed by atoms with Gasteiger partial charge < -0.3 is 0 Å². The second kappa shape index (κ2) is 6.26. The zero-order valence-electron chi connectivity index (χ0n) is 13.4. The normalized spacial score (nSPS) is 18.5. The minimum Gasteiger partial charge on any atom is -0.296 e. The molecular formula is C12H23N5O3S2. The smallest absolute Gasteiger partial charge is 0.296 e. The summed E-state index contributed by atoms with van der Waals surface area (Å²) in [5.41, 5.74) is 3.17. The summed E-state index contributed by atoms with van der Waals surface area (Å²) in [6.45, 7) is 6.64. The number of aryl methyl sites for hydroxylation is 2. The lowest BCUT2D eigenvalue weighted by molar-refractivity contribution is 0.181. The van der Waals surface area contributed by atoms with Gasteiger partial charge in [0.05, 0.1) is 15.4 Å². The highest BCUT2D eigenvalue weighted by atomic mass is 32.3. The first-order valence-corrected chi connectivity index (χ1v) is 10.7. The number of rotatable bonds is 4. The number of nitrogens with zero attached hydrogens (tertiary/aromatic N) is 4. The Morgan fingerprint density at radius 3 is 2.18 bits per heavy atom. The molecule has 0 amide bonds. The lowest BCUT2D eigenvalue weighted by Crippen LogP contribution is -2.47. The van der Waals surface area contributed by atoms with Crippen molar-refractivity contribution in [3.8, 4) is 0 Å². The molecule has 0 aliphatic carbocycles. The van der Waals surface area contributed by atoms with Gasteiger partial charge in [0.1, 0.15) is 0 Å². The van der Waals surface area contributed by atoms with Gasteiger partial charge in [-0.1, -0.05) is 3.77 Å². The molecule has 1 aliphatic rings. The fourth-order valence-corrected chi connectivity index (χ4v) is 5.24. The lowest BCUT2D eigenvalue weighted by atomic mass is 10.2. The molecule has 0 radical (unpaired) electrons. The van der Waals surface area contributed by atoms with Crippen LogP contribution in [0.4, 0.5) is 0 Å². The molecule has 0 aromatic carbocycles. The molecule has 0 bridgehead atoms. The van der Waals surface area contributed by atoms with Gasteiger partial charge in [0.2, 0.25) is 0 Å². The van der Waals surface area contributed by atoms with Gasteiger partial charge >= 0.3 is 10.2 Å². The van der Waals surface area contributed by atoms with E-state index in [9.17, 15) is 12.6 Å². The molecule has 2 rings (SSSR count). The van der Waals surface area contributed by atoms with Crippen LogP contribution in [-0.4, -0.2) is 70.7 Å². The average Bonchev–Trinajstić information content (AvgIpc) is 2.68. The van der Waals surface area contributed by atoms with Crippen LogP contribution in [0, 0.1) is 13.8 Å². The molecule has 1 aromatic rings. The van der Waals surface area contributed by atoms with E-state index in [-0.39, 0.29) is 0 Å². The van der Waals surface area contributed by atoms with Gasteiger partial charge in [0.25, 0.3) is 0 Å². The van der Waals surface area contributed by atoms with Crippen molar-refractivity contribution >= 4 is 19.9 Å². The van der Waals surface area contributed by atoms with Gasteiger partial charge in [-0.3, -0.25) is 10.00 Å². The Morgan fingerprint density at radius 2 is 1.73 bits per heavy atom. The number of H-pyrrole nitrogens is 1. The fraction of sp³-hybridized carbons (Fsp3) is 0.750. The molecule has 10 heteroatoms. The maximum absolute atomic E-state index is 12.1. The summed E-state index contributed by atoms with van der Waals surface area (Å²) in [5, 5.41) is 7.13. The van der Waals surface area contributed by atoms with E-state index in [0.29, 0.717) is 26.2 Å². The third-order valence-corrected chi connectivity index (χ3v) is 6.80. The minimum absolute atomic E-state index is 0.358. The largest absolute Gasteiger partial charge is 0.330 e. The Hall–Kier alpha value is -0.970. The Bertz CT molecular complexity index is 726. The second-order valence-corrected chi connectivity index (χ2v) is 10.2. The first-order chi connectivity index (χ1) is 10.1. The van der Waals surface area contributed by atoms with E-state index in [1.165, 1.54) is 16.8 Å². The highest BCUT2D eigenvalue weighted by molar-refractivity contribution is 8.01. The number of piperazine rings is 1. The van der Waals surface area contributed by atoms with Crippen molar-refractivity contribution in [3.05, 3.63) is 17.0 Å². The predicted molar refractivity (Wildman–Crippen MR) is 86.2 cm³/mol. The number of hydrogen-bond acceptors (Lipinski definition) is 5. The fourth-order valence-electron chi connectivity index (χ4n) is 2.42. The van der Waals surface area contributed by atoms with E-state index in [0.717, 1.165) is 23.5 Å². The SMILES string of the molecule is Cc1n[nH]c(C)c1CN1CCN(S(=O)(=O)N=S(C)(C)=O)CC1. The standard InChI is InChI=1S/C12H23N5O3S2/c1-10-12(11(2)14-13-10)9-16-5-7-17(8-6-16)22(19,20)15-21(3,4)18/h5-9H2,1-4H3,(H,13,14). The third kappa shape index (κ3) is 4.28. The van der Waals surface area contributed by atoms with E-state index in [1.807, 2.05) is 13.8 Å². The van der Waals surface area contributed by atoms with Gasteiger partial charge in [0, 0.05) is 56.5 Å². The molecule has 1 fully saturated rings. The van der Waals surface area contributed by atoms with Crippen molar-refractivity contribution in [2.24, 2.45) is 3.77 Å². The average molecular weight is 349 g/mol. The van der Waals surface area contributed by atoms with Crippen molar-refractivity contribution in [1.29, 1.82) is 0 Å². The maximum atomic E-state index is 12.1. The quantitative estimate of drug-likeness (QED) is 0.832. The Balaban J connectivity index is 2.01. The van der Waals surface area contributed by atoms with Gasteiger partial charge in [-0.15, -0.1) is 0 Å². The monoisotopic (exact) mass is 349 g/mol. The van der Waals surface area contributed by atoms with Crippen molar-refractivity contribution < 1.29 is 12.6 Å². The molecule has 0 atom stereocenters. The third-order valence-electron chi connectivity index (χ3n) is 3.59. The van der Waals surface area contributed by atoms with Crippen LogP contribution >= 0.6 is 0 Å². The van der Waals surface area contributed by atoms with Crippen LogP contribution in [-0.2, 0) is 26.5 Å². The minimum atomic E-state index is -3.81. The van der Waals surface area contributed by atoms with Crippen LogP contribution in [0.15, 0.2) is 3.77 Å². The Morgan fingerprint density at radius 1 is 1.14 bits per heavy atom. The Labute approximate surface area is 132 Å². The second-order valence-electron chi connectivity index (χ2n) is 5.82. The first kappa shape index (κ1) is 17.4. The molecule has 1 saturated heterocycles. The molecule has 1 N–H and O–H groups in total. The Kier molecular flexibility index (Phi) is 4.95. The highest BCUT2D eigenvalue weighted by Crippen LogP contribution is 2.16. The topological polar surface area (TPSA) is 98.7 Å². The van der Waals surface area contributed by atoms with Gasteiger partial charge in [0.15, 0.2) is 0 Å². The predicted octanol–water partition coefficient (Wildman–Crippen LogP) is 0.117. The summed E-state index contributed by atoms with van der Waals surface area (Å²) in [7, 11) is -6.48. The van der Waals surface area contributed by atoms with Crippen LogP contribution < -0.4 is 0 Å². The molecule has 126 valence electrons. The molecule has 22 heavy (non-hydrogen) atoms. The van der Waals surface area contributed by atoms with Gasteiger partial charge in [-0.05, 0) is 13.8 Å². The molecule has 1 aromatic heterocycles. The van der Waals surface area contributed by atoms with E-state index < -0.39 is 19.9 Å². The molecule has 2 heterocycles. The summed E-state index contributed by atoms with van der Waals surface area (Å²) in [4.78, 5) is 2.19. The highest BCUT2D eigenvalue weighted by Gasteiger charge is 2.27.